The van der Waals surface area contributed by atoms with Crippen LogP contribution in [0.3, 0.4) is 0 Å². The fourth-order valence-electron chi connectivity index (χ4n) is 1.34. The summed E-state index contributed by atoms with van der Waals surface area (Å²) in [5.41, 5.74) is 5.10. The van der Waals surface area contributed by atoms with Crippen LogP contribution in [0.5, 0.6) is 0 Å². The van der Waals surface area contributed by atoms with Crippen molar-refractivity contribution in [2.75, 3.05) is 12.0 Å². The van der Waals surface area contributed by atoms with Crippen LogP contribution < -0.4 is 11.3 Å². The number of aromatic amines is 2. The van der Waals surface area contributed by atoms with Crippen LogP contribution in [0.2, 0.25) is 0 Å². The molecule has 0 aliphatic rings. The number of fused-ring (bicyclic) bond motifs is 1. The Morgan fingerprint density at radius 3 is 2.53 bits per heavy atom. The second-order valence-corrected chi connectivity index (χ2v) is 6.11. The molecule has 0 amide bonds. The fraction of sp³-hybridized carbons (Fsp3) is 0.375. The molecule has 0 radical (unpaired) electrons. The van der Waals surface area contributed by atoms with Gasteiger partial charge < -0.3 is 10.7 Å². The first-order valence-electron chi connectivity index (χ1n) is 4.73. The number of nitrogens with two attached hydrogens (primary N) is 1. The molecule has 2 rings (SSSR count). The minimum atomic E-state index is -3.29. The predicted octanol–water partition coefficient (Wildman–Crippen LogP) is -0.666. The number of hydrogen-bond donors (Lipinski definition) is 3. The van der Waals surface area contributed by atoms with E-state index in [1.807, 2.05) is 0 Å². The second kappa shape index (κ2) is 3.55. The van der Waals surface area contributed by atoms with Gasteiger partial charge in [0.1, 0.15) is 11.1 Å². The third kappa shape index (κ3) is 2.00. The molecule has 2 heterocycles. The Morgan fingerprint density at radius 1 is 1.29 bits per heavy atom. The van der Waals surface area contributed by atoms with Gasteiger partial charge in [0, 0.05) is 6.26 Å². The molecule has 0 aliphatic carbocycles. The first-order valence-corrected chi connectivity index (χ1v) is 6.69. The quantitative estimate of drug-likeness (QED) is 0.653. The summed E-state index contributed by atoms with van der Waals surface area (Å²) < 4.78 is 22.7. The summed E-state index contributed by atoms with van der Waals surface area (Å²) in [5, 5.41) is -0.836. The van der Waals surface area contributed by atoms with Crippen molar-refractivity contribution < 1.29 is 8.42 Å². The van der Waals surface area contributed by atoms with Crippen molar-refractivity contribution in [2.45, 2.75) is 12.2 Å². The third-order valence-corrected chi connectivity index (χ3v) is 3.93. The Hall–Kier alpha value is -1.90. The second-order valence-electron chi connectivity index (χ2n) is 3.74. The molecule has 2 aromatic rings. The van der Waals surface area contributed by atoms with E-state index in [1.165, 1.54) is 6.92 Å². The Kier molecular flexibility index (Phi) is 2.42. The van der Waals surface area contributed by atoms with Gasteiger partial charge in [-0.3, -0.25) is 9.78 Å². The lowest BCUT2D eigenvalue weighted by Crippen LogP contribution is -2.11. The number of nitrogens with zero attached hydrogens (tertiary/aromatic N) is 2. The zero-order chi connectivity index (χ0) is 12.8. The van der Waals surface area contributed by atoms with E-state index in [-0.39, 0.29) is 22.9 Å². The van der Waals surface area contributed by atoms with Crippen molar-refractivity contribution in [3.8, 4) is 0 Å². The number of aromatic nitrogens is 4. The third-order valence-electron chi connectivity index (χ3n) is 2.43. The van der Waals surface area contributed by atoms with Crippen LogP contribution >= 0.6 is 0 Å². The topological polar surface area (TPSA) is 135 Å². The van der Waals surface area contributed by atoms with Crippen LogP contribution in [-0.4, -0.2) is 34.6 Å². The van der Waals surface area contributed by atoms with Gasteiger partial charge in [0.05, 0.1) is 0 Å². The molecule has 1 unspecified atom stereocenters. The molecule has 1 atom stereocenters. The molecule has 0 fully saturated rings. The van der Waals surface area contributed by atoms with E-state index < -0.39 is 20.6 Å². The molecule has 0 aromatic carbocycles. The minimum absolute atomic E-state index is 0.0624. The van der Waals surface area contributed by atoms with Gasteiger partial charge in [-0.05, 0) is 6.92 Å². The molecular weight excluding hydrogens is 246 g/mol. The zero-order valence-corrected chi connectivity index (χ0v) is 10.00. The highest BCUT2D eigenvalue weighted by molar-refractivity contribution is 7.90. The number of hydrogen-bond acceptors (Lipinski definition) is 6. The molecule has 4 N–H and O–H groups in total. The highest BCUT2D eigenvalue weighted by atomic mass is 32.2. The van der Waals surface area contributed by atoms with Crippen molar-refractivity contribution in [3.63, 3.8) is 0 Å². The molecule has 17 heavy (non-hydrogen) atoms. The van der Waals surface area contributed by atoms with E-state index in [0.29, 0.717) is 0 Å². The van der Waals surface area contributed by atoms with Gasteiger partial charge in [-0.25, -0.2) is 13.4 Å². The van der Waals surface area contributed by atoms with Gasteiger partial charge in [0.25, 0.3) is 5.56 Å². The molecule has 0 saturated heterocycles. The first-order chi connectivity index (χ1) is 7.79. The molecule has 8 nitrogen and oxygen atoms in total. The molecule has 9 heteroatoms. The lowest BCUT2D eigenvalue weighted by atomic mass is 10.5. The Morgan fingerprint density at radius 2 is 1.94 bits per heavy atom. The standard InChI is InChI=1S/C8H11N5O3S/c1-3(17(2,15)16)5-10-4-6(11-5)12-8(9)13-7(4)14/h3H,1-2H3,(H4,9,10,11,12,13,14). The van der Waals surface area contributed by atoms with Crippen molar-refractivity contribution in [1.82, 2.24) is 19.9 Å². The van der Waals surface area contributed by atoms with Gasteiger partial charge in [0.15, 0.2) is 21.0 Å². The van der Waals surface area contributed by atoms with Crippen molar-refractivity contribution in [2.24, 2.45) is 0 Å². The van der Waals surface area contributed by atoms with Gasteiger partial charge in [0.2, 0.25) is 5.95 Å². The van der Waals surface area contributed by atoms with Crippen LogP contribution in [0.4, 0.5) is 5.95 Å². The average molecular weight is 257 g/mol. The van der Waals surface area contributed by atoms with Crippen molar-refractivity contribution >= 4 is 26.9 Å². The zero-order valence-electron chi connectivity index (χ0n) is 9.18. The van der Waals surface area contributed by atoms with Gasteiger partial charge >= 0.3 is 0 Å². The highest BCUT2D eigenvalue weighted by Crippen LogP contribution is 2.19. The SMILES string of the molecule is CC(c1nc2nc(N)[nH]c(=O)c2[nH]1)S(C)(=O)=O. The van der Waals surface area contributed by atoms with Crippen LogP contribution in [0.1, 0.15) is 18.0 Å². The van der Waals surface area contributed by atoms with E-state index in [9.17, 15) is 13.2 Å². The smallest absolute Gasteiger partial charge is 0.278 e. The Bertz CT molecular complexity index is 729. The number of sulfone groups is 1. The summed E-state index contributed by atoms with van der Waals surface area (Å²) in [6.07, 6.45) is 1.09. The van der Waals surface area contributed by atoms with Gasteiger partial charge in [-0.15, -0.1) is 0 Å². The average Bonchev–Trinajstić information content (AvgIpc) is 2.58. The summed E-state index contributed by atoms with van der Waals surface area (Å²) in [6, 6.07) is 0. The molecular formula is C8H11N5O3S. The minimum Gasteiger partial charge on any atom is -0.369 e. The predicted molar refractivity (Wildman–Crippen MR) is 62.2 cm³/mol. The fourth-order valence-corrected chi connectivity index (χ4v) is 1.85. The highest BCUT2D eigenvalue weighted by Gasteiger charge is 2.22. The monoisotopic (exact) mass is 257 g/mol. The lowest BCUT2D eigenvalue weighted by Gasteiger charge is -2.03. The van der Waals surface area contributed by atoms with Crippen molar-refractivity contribution in [3.05, 3.63) is 16.2 Å². The maximum atomic E-state index is 11.5. The summed E-state index contributed by atoms with van der Waals surface area (Å²) in [4.78, 5) is 24.2. The van der Waals surface area contributed by atoms with E-state index in [2.05, 4.69) is 19.9 Å². The Labute approximate surface area is 96.2 Å². The number of nitrogen functional groups attached to an aromatic ring is 1. The lowest BCUT2D eigenvalue weighted by molar-refractivity contribution is 0.590. The summed E-state index contributed by atoms with van der Waals surface area (Å²) in [6.45, 7) is 1.48. The van der Waals surface area contributed by atoms with Gasteiger partial charge in [-0.2, -0.15) is 4.98 Å². The molecule has 0 bridgehead atoms. The summed E-state index contributed by atoms with van der Waals surface area (Å²) in [7, 11) is -3.29. The van der Waals surface area contributed by atoms with E-state index >= 15 is 0 Å². The molecule has 2 aromatic heterocycles. The van der Waals surface area contributed by atoms with Crippen LogP contribution in [0.15, 0.2) is 4.79 Å². The number of H-pyrrole nitrogens is 2. The first kappa shape index (κ1) is 11.6. The molecule has 0 aliphatic heterocycles. The van der Waals surface area contributed by atoms with Crippen LogP contribution in [0.25, 0.3) is 11.2 Å². The maximum absolute atomic E-state index is 11.5. The van der Waals surface area contributed by atoms with E-state index in [1.54, 1.807) is 0 Å². The number of anilines is 1. The van der Waals surface area contributed by atoms with E-state index in [0.717, 1.165) is 6.26 Å². The number of rotatable bonds is 2. The molecule has 92 valence electrons. The normalized spacial score (nSPS) is 14.0. The largest absolute Gasteiger partial charge is 0.369 e. The van der Waals surface area contributed by atoms with Crippen molar-refractivity contribution in [1.29, 1.82) is 0 Å². The maximum Gasteiger partial charge on any atom is 0.278 e. The van der Waals surface area contributed by atoms with Crippen LogP contribution in [-0.2, 0) is 9.84 Å². The summed E-state index contributed by atoms with van der Waals surface area (Å²) in [5.74, 6) is 0.110. The summed E-state index contributed by atoms with van der Waals surface area (Å²) >= 11 is 0. The van der Waals surface area contributed by atoms with Gasteiger partial charge in [-0.1, -0.05) is 0 Å². The van der Waals surface area contributed by atoms with Crippen LogP contribution in [0, 0.1) is 0 Å². The Balaban J connectivity index is 2.68. The van der Waals surface area contributed by atoms with E-state index in [4.69, 9.17) is 5.73 Å². The number of nitrogens with one attached hydrogen (secondary N) is 2. The molecule has 0 saturated carbocycles. The number of imidazole rings is 1. The molecule has 0 spiro atoms.